The summed E-state index contributed by atoms with van der Waals surface area (Å²) >= 11 is 0. The van der Waals surface area contributed by atoms with Crippen molar-refractivity contribution in [1.82, 2.24) is 10.6 Å². The monoisotopic (exact) mass is 244 g/mol. The summed E-state index contributed by atoms with van der Waals surface area (Å²) in [6, 6.07) is 0. The Balaban J connectivity index is 2.25. The third-order valence-electron chi connectivity index (χ3n) is 3.24. The lowest BCUT2D eigenvalue weighted by atomic mass is 9.99. The predicted molar refractivity (Wildman–Crippen MR) is 65.7 cm³/mol. The average Bonchev–Trinajstić information content (AvgIpc) is 2.27. The summed E-state index contributed by atoms with van der Waals surface area (Å²) in [4.78, 5) is 11.6. The van der Waals surface area contributed by atoms with Gasteiger partial charge in [0, 0.05) is 0 Å². The number of carbonyl (C=O) groups excluding carboxylic acids is 1. The van der Waals surface area contributed by atoms with Crippen LogP contribution in [0.5, 0.6) is 0 Å². The molecule has 0 radical (unpaired) electrons. The van der Waals surface area contributed by atoms with E-state index in [9.17, 15) is 9.90 Å². The van der Waals surface area contributed by atoms with Crippen molar-refractivity contribution in [2.75, 3.05) is 19.7 Å². The fourth-order valence-corrected chi connectivity index (χ4v) is 1.66. The first-order valence-electron chi connectivity index (χ1n) is 6.23. The lowest BCUT2D eigenvalue weighted by Crippen LogP contribution is -2.52. The summed E-state index contributed by atoms with van der Waals surface area (Å²) in [7, 11) is 0. The van der Waals surface area contributed by atoms with Crippen LogP contribution < -0.4 is 10.6 Å². The van der Waals surface area contributed by atoms with Crippen LogP contribution in [0.3, 0.4) is 0 Å². The number of aliphatic hydroxyl groups excluding tert-OH is 1. The van der Waals surface area contributed by atoms with Gasteiger partial charge in [-0.1, -0.05) is 0 Å². The number of rotatable bonds is 5. The van der Waals surface area contributed by atoms with Crippen molar-refractivity contribution in [2.45, 2.75) is 51.4 Å². The summed E-state index contributed by atoms with van der Waals surface area (Å²) in [5.41, 5.74) is -0.617. The lowest BCUT2D eigenvalue weighted by molar-refractivity contribution is -0.131. The standard InChI is InChI=1S/C12H24N2O3/c1-9(15)12(2,3)14-11(16)8-17-10-4-6-13-7-5-10/h9-10,13,15H,4-8H2,1-3H3,(H,14,16). The van der Waals surface area contributed by atoms with E-state index in [4.69, 9.17) is 4.74 Å². The van der Waals surface area contributed by atoms with Gasteiger partial charge in [-0.15, -0.1) is 0 Å². The molecule has 1 unspecified atom stereocenters. The second-order valence-electron chi connectivity index (χ2n) is 5.21. The van der Waals surface area contributed by atoms with Crippen LogP contribution in [0.2, 0.25) is 0 Å². The van der Waals surface area contributed by atoms with Crippen molar-refractivity contribution in [1.29, 1.82) is 0 Å². The number of piperidine rings is 1. The molecule has 1 saturated heterocycles. The average molecular weight is 244 g/mol. The maximum absolute atomic E-state index is 11.6. The molecule has 0 saturated carbocycles. The maximum atomic E-state index is 11.6. The summed E-state index contributed by atoms with van der Waals surface area (Å²) in [6.07, 6.45) is 1.49. The third-order valence-corrected chi connectivity index (χ3v) is 3.24. The summed E-state index contributed by atoms with van der Waals surface area (Å²) in [6.45, 7) is 7.21. The Hall–Kier alpha value is -0.650. The van der Waals surface area contributed by atoms with E-state index in [0.717, 1.165) is 25.9 Å². The van der Waals surface area contributed by atoms with Gasteiger partial charge in [0.25, 0.3) is 0 Å². The van der Waals surface area contributed by atoms with Crippen LogP contribution >= 0.6 is 0 Å². The molecule has 1 aliphatic rings. The van der Waals surface area contributed by atoms with Crippen LogP contribution in [0, 0.1) is 0 Å². The minimum atomic E-state index is -0.617. The first-order valence-corrected chi connectivity index (χ1v) is 6.23. The predicted octanol–water partition coefficient (Wildman–Crippen LogP) is 0.0306. The zero-order valence-electron chi connectivity index (χ0n) is 11.0. The van der Waals surface area contributed by atoms with Crippen LogP contribution in [-0.2, 0) is 9.53 Å². The highest BCUT2D eigenvalue weighted by molar-refractivity contribution is 5.78. The van der Waals surface area contributed by atoms with Gasteiger partial charge in [-0.3, -0.25) is 4.79 Å². The van der Waals surface area contributed by atoms with Gasteiger partial charge in [-0.25, -0.2) is 0 Å². The van der Waals surface area contributed by atoms with Crippen molar-refractivity contribution < 1.29 is 14.6 Å². The topological polar surface area (TPSA) is 70.6 Å². The van der Waals surface area contributed by atoms with E-state index in [1.807, 2.05) is 0 Å². The van der Waals surface area contributed by atoms with Crippen LogP contribution in [-0.4, -0.2) is 48.5 Å². The van der Waals surface area contributed by atoms with Crippen molar-refractivity contribution in [3.63, 3.8) is 0 Å². The van der Waals surface area contributed by atoms with E-state index >= 15 is 0 Å². The Labute approximate surface area is 103 Å². The van der Waals surface area contributed by atoms with Crippen LogP contribution in [0.25, 0.3) is 0 Å². The van der Waals surface area contributed by atoms with Crippen LogP contribution in [0.1, 0.15) is 33.6 Å². The Bertz CT molecular complexity index is 248. The van der Waals surface area contributed by atoms with Gasteiger partial charge in [-0.2, -0.15) is 0 Å². The zero-order valence-corrected chi connectivity index (χ0v) is 11.0. The molecule has 0 spiro atoms. The highest BCUT2D eigenvalue weighted by Crippen LogP contribution is 2.09. The highest BCUT2D eigenvalue weighted by atomic mass is 16.5. The molecule has 0 bridgehead atoms. The fourth-order valence-electron chi connectivity index (χ4n) is 1.66. The third kappa shape index (κ3) is 5.02. The summed E-state index contributed by atoms with van der Waals surface area (Å²) in [5, 5.41) is 15.5. The van der Waals surface area contributed by atoms with Crippen molar-refractivity contribution in [3.8, 4) is 0 Å². The molecule has 5 heteroatoms. The summed E-state index contributed by atoms with van der Waals surface area (Å²) < 4.78 is 5.54. The number of nitrogens with one attached hydrogen (secondary N) is 2. The van der Waals surface area contributed by atoms with Crippen molar-refractivity contribution in [3.05, 3.63) is 0 Å². The molecule has 0 aromatic carbocycles. The largest absolute Gasteiger partial charge is 0.391 e. The maximum Gasteiger partial charge on any atom is 0.246 e. The number of hydrogen-bond donors (Lipinski definition) is 3. The van der Waals surface area contributed by atoms with E-state index in [1.165, 1.54) is 0 Å². The number of ether oxygens (including phenoxy) is 1. The number of amides is 1. The van der Waals surface area contributed by atoms with Gasteiger partial charge >= 0.3 is 0 Å². The van der Waals surface area contributed by atoms with Gasteiger partial charge in [0.05, 0.1) is 17.7 Å². The number of aliphatic hydroxyl groups is 1. The van der Waals surface area contributed by atoms with Gasteiger partial charge in [-0.05, 0) is 46.7 Å². The zero-order chi connectivity index (χ0) is 12.9. The molecule has 1 aliphatic heterocycles. The molecule has 0 aliphatic carbocycles. The Morgan fingerprint density at radius 1 is 1.53 bits per heavy atom. The first kappa shape index (κ1) is 14.4. The second-order valence-corrected chi connectivity index (χ2v) is 5.21. The molecular weight excluding hydrogens is 220 g/mol. The fraction of sp³-hybridized carbons (Fsp3) is 0.917. The van der Waals surface area contributed by atoms with Gasteiger partial charge in [0.2, 0.25) is 5.91 Å². The van der Waals surface area contributed by atoms with E-state index < -0.39 is 11.6 Å². The molecule has 100 valence electrons. The number of carbonyl (C=O) groups is 1. The Morgan fingerprint density at radius 2 is 2.12 bits per heavy atom. The SMILES string of the molecule is CC(O)C(C)(C)NC(=O)COC1CCNCC1. The van der Waals surface area contributed by atoms with Crippen LogP contribution in [0.15, 0.2) is 0 Å². The molecule has 0 aromatic rings. The normalized spacial score (nSPS) is 20.0. The molecule has 1 fully saturated rings. The van der Waals surface area contributed by atoms with E-state index in [-0.39, 0.29) is 18.6 Å². The molecule has 1 atom stereocenters. The van der Waals surface area contributed by atoms with E-state index in [1.54, 1.807) is 20.8 Å². The first-order chi connectivity index (χ1) is 7.92. The molecule has 0 aromatic heterocycles. The molecule has 3 N–H and O–H groups in total. The van der Waals surface area contributed by atoms with Crippen molar-refractivity contribution >= 4 is 5.91 Å². The van der Waals surface area contributed by atoms with Gasteiger partial charge < -0.3 is 20.5 Å². The van der Waals surface area contributed by atoms with E-state index in [2.05, 4.69) is 10.6 Å². The lowest BCUT2D eigenvalue weighted by Gasteiger charge is -2.30. The molecule has 1 heterocycles. The molecule has 5 nitrogen and oxygen atoms in total. The van der Waals surface area contributed by atoms with Gasteiger partial charge in [0.15, 0.2) is 0 Å². The second kappa shape index (κ2) is 6.33. The Morgan fingerprint density at radius 3 is 2.65 bits per heavy atom. The quantitative estimate of drug-likeness (QED) is 0.638. The molecule has 1 rings (SSSR count). The minimum Gasteiger partial charge on any atom is -0.391 e. The van der Waals surface area contributed by atoms with E-state index in [0.29, 0.717) is 0 Å². The summed E-state index contributed by atoms with van der Waals surface area (Å²) in [5.74, 6) is -0.172. The minimum absolute atomic E-state index is 0.0703. The molecule has 1 amide bonds. The number of hydrogen-bond acceptors (Lipinski definition) is 4. The Kier molecular flexibility index (Phi) is 5.36. The highest BCUT2D eigenvalue weighted by Gasteiger charge is 2.26. The molecular formula is C12H24N2O3. The van der Waals surface area contributed by atoms with Gasteiger partial charge in [0.1, 0.15) is 6.61 Å². The smallest absolute Gasteiger partial charge is 0.246 e. The van der Waals surface area contributed by atoms with Crippen LogP contribution in [0.4, 0.5) is 0 Å². The van der Waals surface area contributed by atoms with Crippen molar-refractivity contribution in [2.24, 2.45) is 0 Å². The molecule has 17 heavy (non-hydrogen) atoms.